The first-order valence-electron chi connectivity index (χ1n) is 10.3. The fourth-order valence-electron chi connectivity index (χ4n) is 4.25. The summed E-state index contributed by atoms with van der Waals surface area (Å²) in [4.78, 5) is 12.5. The third-order valence-electron chi connectivity index (χ3n) is 5.62. The van der Waals surface area contributed by atoms with Crippen molar-refractivity contribution in [2.45, 2.75) is 43.6 Å². The Morgan fingerprint density at radius 1 is 1.22 bits per heavy atom. The van der Waals surface area contributed by atoms with Gasteiger partial charge in [0.15, 0.2) is 0 Å². The van der Waals surface area contributed by atoms with Gasteiger partial charge in [0.1, 0.15) is 18.0 Å². The summed E-state index contributed by atoms with van der Waals surface area (Å²) in [6, 6.07) is 12.3. The van der Waals surface area contributed by atoms with Crippen LogP contribution in [0.15, 0.2) is 42.5 Å². The van der Waals surface area contributed by atoms with Crippen molar-refractivity contribution in [3.63, 3.8) is 0 Å². The number of anilines is 1. The maximum atomic E-state index is 12.5. The van der Waals surface area contributed by atoms with Crippen LogP contribution in [0.4, 0.5) is 5.69 Å². The second-order valence-corrected chi connectivity index (χ2v) is 10.3. The minimum absolute atomic E-state index is 0.119. The standard InChI is InChI=1S/C22H25ClN2O6S/c1-32(28,29)25-15-6-7-19-17(8-15)18-9-16(30-20(12-26)22(18)31-19)10-21(27)24-11-13-2-4-14(23)5-3-13/h2-8,16,18,20,22,25-26H,9-12H2,1H3,(H,24,27)/t16-,18+,20+,22-/m0/s1. The summed E-state index contributed by atoms with van der Waals surface area (Å²) >= 11 is 5.88. The molecule has 2 aromatic carbocycles. The van der Waals surface area contributed by atoms with Crippen molar-refractivity contribution in [2.24, 2.45) is 0 Å². The van der Waals surface area contributed by atoms with E-state index in [0.29, 0.717) is 29.4 Å². The molecule has 2 aliphatic heterocycles. The molecule has 4 rings (SSSR count). The van der Waals surface area contributed by atoms with Crippen LogP contribution in [0.1, 0.15) is 29.9 Å². The second kappa shape index (κ2) is 9.27. The Morgan fingerprint density at radius 3 is 2.66 bits per heavy atom. The van der Waals surface area contributed by atoms with Gasteiger partial charge in [-0.05, 0) is 42.3 Å². The summed E-state index contributed by atoms with van der Waals surface area (Å²) < 4.78 is 37.6. The minimum atomic E-state index is -3.41. The number of fused-ring (bicyclic) bond motifs is 3. The van der Waals surface area contributed by atoms with Gasteiger partial charge >= 0.3 is 0 Å². The second-order valence-electron chi connectivity index (χ2n) is 8.14. The number of aliphatic hydroxyl groups is 1. The molecule has 32 heavy (non-hydrogen) atoms. The lowest BCUT2D eigenvalue weighted by atomic mass is 9.84. The van der Waals surface area contributed by atoms with Crippen molar-refractivity contribution in [2.75, 3.05) is 17.6 Å². The van der Waals surface area contributed by atoms with Crippen LogP contribution in [-0.2, 0) is 26.1 Å². The molecule has 3 N–H and O–H groups in total. The summed E-state index contributed by atoms with van der Waals surface area (Å²) in [6.07, 6.45) is 0.376. The van der Waals surface area contributed by atoms with Gasteiger partial charge in [-0.25, -0.2) is 8.42 Å². The zero-order valence-corrected chi connectivity index (χ0v) is 19.0. The third-order valence-corrected chi connectivity index (χ3v) is 6.48. The molecule has 0 aliphatic carbocycles. The number of rotatable bonds is 7. The van der Waals surface area contributed by atoms with E-state index in [9.17, 15) is 18.3 Å². The average molecular weight is 481 g/mol. The Morgan fingerprint density at radius 2 is 1.97 bits per heavy atom. The number of hydrogen-bond donors (Lipinski definition) is 3. The molecule has 0 unspecified atom stereocenters. The quantitative estimate of drug-likeness (QED) is 0.560. The number of ether oxygens (including phenoxy) is 2. The van der Waals surface area contributed by atoms with Crippen molar-refractivity contribution in [1.82, 2.24) is 5.32 Å². The molecule has 8 nitrogen and oxygen atoms in total. The highest BCUT2D eigenvalue weighted by molar-refractivity contribution is 7.92. The van der Waals surface area contributed by atoms with E-state index in [2.05, 4.69) is 10.0 Å². The number of nitrogens with one attached hydrogen (secondary N) is 2. The van der Waals surface area contributed by atoms with Crippen molar-refractivity contribution in [1.29, 1.82) is 0 Å². The summed E-state index contributed by atoms with van der Waals surface area (Å²) in [5.74, 6) is 0.354. The zero-order chi connectivity index (χ0) is 22.9. The van der Waals surface area contributed by atoms with Gasteiger partial charge in [0.25, 0.3) is 0 Å². The number of carbonyl (C=O) groups excluding carboxylic acids is 1. The predicted octanol–water partition coefficient (Wildman–Crippen LogP) is 2.41. The van der Waals surface area contributed by atoms with Crippen LogP contribution in [0.2, 0.25) is 5.02 Å². The van der Waals surface area contributed by atoms with Gasteiger partial charge < -0.3 is 19.9 Å². The molecule has 1 fully saturated rings. The van der Waals surface area contributed by atoms with E-state index in [-0.39, 0.29) is 24.9 Å². The van der Waals surface area contributed by atoms with Crippen molar-refractivity contribution in [3.8, 4) is 5.75 Å². The van der Waals surface area contributed by atoms with E-state index in [0.717, 1.165) is 17.4 Å². The Bertz CT molecular complexity index is 1090. The molecule has 2 aromatic rings. The normalized spacial score (nSPS) is 24.2. The van der Waals surface area contributed by atoms with Gasteiger partial charge in [-0.1, -0.05) is 23.7 Å². The highest BCUT2D eigenvalue weighted by Gasteiger charge is 2.46. The molecule has 2 heterocycles. The van der Waals surface area contributed by atoms with Gasteiger partial charge in [-0.2, -0.15) is 0 Å². The van der Waals surface area contributed by atoms with E-state index in [1.165, 1.54) is 0 Å². The van der Waals surface area contributed by atoms with E-state index in [4.69, 9.17) is 21.1 Å². The van der Waals surface area contributed by atoms with Crippen LogP contribution in [0, 0.1) is 0 Å². The highest BCUT2D eigenvalue weighted by Crippen LogP contribution is 2.47. The highest BCUT2D eigenvalue weighted by atomic mass is 35.5. The van der Waals surface area contributed by atoms with E-state index < -0.39 is 28.3 Å². The van der Waals surface area contributed by atoms with E-state index in [1.54, 1.807) is 30.3 Å². The monoisotopic (exact) mass is 480 g/mol. The Hall–Kier alpha value is -2.33. The van der Waals surface area contributed by atoms with Crippen LogP contribution >= 0.6 is 11.6 Å². The number of halogens is 1. The molecule has 0 spiro atoms. The molecule has 4 atom stereocenters. The molecule has 10 heteroatoms. The number of amides is 1. The maximum absolute atomic E-state index is 12.5. The van der Waals surface area contributed by atoms with Crippen LogP contribution < -0.4 is 14.8 Å². The molecule has 172 valence electrons. The first kappa shape index (κ1) is 22.8. The Kier molecular flexibility index (Phi) is 6.62. The van der Waals surface area contributed by atoms with Gasteiger partial charge in [0.05, 0.1) is 25.4 Å². The maximum Gasteiger partial charge on any atom is 0.229 e. The SMILES string of the molecule is CS(=O)(=O)Nc1ccc2c(c1)[C@H]1C[C@@H](CC(=O)NCc3ccc(Cl)cc3)O[C@H](CO)[C@H]1O2. The molecule has 2 aliphatic rings. The number of benzene rings is 2. The third kappa shape index (κ3) is 5.35. The summed E-state index contributed by atoms with van der Waals surface area (Å²) in [5.41, 5.74) is 2.22. The smallest absolute Gasteiger partial charge is 0.229 e. The summed E-state index contributed by atoms with van der Waals surface area (Å²) in [5, 5.41) is 13.4. The largest absolute Gasteiger partial charge is 0.487 e. The first-order chi connectivity index (χ1) is 15.2. The van der Waals surface area contributed by atoms with Crippen LogP contribution in [0.3, 0.4) is 0 Å². The molecule has 0 radical (unpaired) electrons. The van der Waals surface area contributed by atoms with E-state index in [1.807, 2.05) is 12.1 Å². The first-order valence-corrected chi connectivity index (χ1v) is 12.5. The number of aliphatic hydroxyl groups excluding tert-OH is 1. The van der Waals surface area contributed by atoms with Gasteiger partial charge in [0, 0.05) is 28.7 Å². The Balaban J connectivity index is 1.43. The van der Waals surface area contributed by atoms with Crippen LogP contribution in [-0.4, -0.2) is 50.6 Å². The fourth-order valence-corrected chi connectivity index (χ4v) is 4.93. The van der Waals surface area contributed by atoms with Crippen molar-refractivity contribution < 1.29 is 27.8 Å². The fraction of sp³-hybridized carbons (Fsp3) is 0.409. The molecule has 0 bridgehead atoms. The molecule has 1 saturated heterocycles. The average Bonchev–Trinajstić information content (AvgIpc) is 3.09. The lowest BCUT2D eigenvalue weighted by Gasteiger charge is -2.37. The van der Waals surface area contributed by atoms with Crippen LogP contribution in [0.5, 0.6) is 5.75 Å². The van der Waals surface area contributed by atoms with E-state index >= 15 is 0 Å². The van der Waals surface area contributed by atoms with Gasteiger partial charge in [0.2, 0.25) is 15.9 Å². The topological polar surface area (TPSA) is 114 Å². The summed E-state index contributed by atoms with van der Waals surface area (Å²) in [7, 11) is -3.41. The number of hydrogen-bond acceptors (Lipinski definition) is 6. The van der Waals surface area contributed by atoms with Crippen molar-refractivity contribution >= 4 is 33.2 Å². The Labute approximate surface area is 191 Å². The van der Waals surface area contributed by atoms with Gasteiger partial charge in [-0.3, -0.25) is 9.52 Å². The van der Waals surface area contributed by atoms with Crippen molar-refractivity contribution in [3.05, 3.63) is 58.6 Å². The minimum Gasteiger partial charge on any atom is -0.487 e. The predicted molar refractivity (Wildman–Crippen MR) is 120 cm³/mol. The lowest BCUT2D eigenvalue weighted by molar-refractivity contribution is -0.142. The lowest BCUT2D eigenvalue weighted by Crippen LogP contribution is -2.47. The molecule has 0 aromatic heterocycles. The number of carbonyl (C=O) groups is 1. The molecule has 1 amide bonds. The number of sulfonamides is 1. The zero-order valence-electron chi connectivity index (χ0n) is 17.5. The molecular weight excluding hydrogens is 456 g/mol. The summed E-state index contributed by atoms with van der Waals surface area (Å²) in [6.45, 7) is 0.136. The molecule has 0 saturated carbocycles. The molecular formula is C22H25ClN2O6S. The van der Waals surface area contributed by atoms with Gasteiger partial charge in [-0.15, -0.1) is 0 Å². The van der Waals surface area contributed by atoms with Crippen LogP contribution in [0.25, 0.3) is 0 Å².